The Morgan fingerprint density at radius 2 is 1.23 bits per heavy atom. The number of aliphatic carboxylic acids is 1. The Hall–Kier alpha value is -1.41. The van der Waals surface area contributed by atoms with Gasteiger partial charge >= 0.3 is 35.8 Å². The Balaban J connectivity index is 5.91. The second-order valence-electron chi connectivity index (χ2n) is 5.98. The molecule has 0 aromatic heterocycles. The first-order valence-electron chi connectivity index (χ1n) is 6.30. The van der Waals surface area contributed by atoms with Crippen molar-refractivity contribution in [3.05, 3.63) is 0 Å². The van der Waals surface area contributed by atoms with Crippen LogP contribution in [-0.2, 0) is 4.79 Å². The Labute approximate surface area is 137 Å². The molecule has 0 rings (SSSR count). The topological polar surface area (TPSA) is 37.3 Å². The van der Waals surface area contributed by atoms with E-state index in [-0.39, 0.29) is 0 Å². The Morgan fingerprint density at radius 1 is 0.846 bits per heavy atom. The highest BCUT2D eigenvalue weighted by Gasteiger charge is 2.88. The van der Waals surface area contributed by atoms with Gasteiger partial charge in [-0.1, -0.05) is 0 Å². The molecule has 0 spiro atoms. The second-order valence-corrected chi connectivity index (χ2v) is 5.98. The summed E-state index contributed by atoms with van der Waals surface area (Å²) < 4.78 is 152. The van der Waals surface area contributed by atoms with Gasteiger partial charge in [0.05, 0.1) is 14.1 Å². The summed E-state index contributed by atoms with van der Waals surface area (Å²) >= 11 is 0. The zero-order chi connectivity index (χ0) is 21.6. The quantitative estimate of drug-likeness (QED) is 0.484. The van der Waals surface area contributed by atoms with Crippen molar-refractivity contribution in [1.82, 2.24) is 0 Å². The lowest BCUT2D eigenvalue weighted by Gasteiger charge is -2.39. The van der Waals surface area contributed by atoms with Crippen LogP contribution in [0.3, 0.4) is 0 Å². The largest absolute Gasteiger partial charge is 0.477 e. The van der Waals surface area contributed by atoms with Crippen molar-refractivity contribution in [2.75, 3.05) is 27.2 Å². The number of hydrogen-bond donors (Lipinski definition) is 1. The van der Waals surface area contributed by atoms with E-state index in [9.17, 15) is 57.5 Å². The Morgan fingerprint density at radius 3 is 1.54 bits per heavy atom. The summed E-state index contributed by atoms with van der Waals surface area (Å²) in [7, 11) is 1.38. The lowest BCUT2D eigenvalue weighted by molar-refractivity contribution is -0.886. The highest BCUT2D eigenvalue weighted by atomic mass is 19.4. The van der Waals surface area contributed by atoms with E-state index in [4.69, 9.17) is 5.11 Å². The lowest BCUT2D eigenvalue weighted by atomic mass is 9.94. The average molecular weight is 418 g/mol. The first-order valence-corrected chi connectivity index (χ1v) is 6.30. The molecular weight excluding hydrogens is 406 g/mol. The maximum absolute atomic E-state index is 13.5. The van der Waals surface area contributed by atoms with Crippen molar-refractivity contribution in [1.29, 1.82) is 0 Å². The third kappa shape index (κ3) is 4.11. The number of quaternary nitrogens is 1. The molecule has 156 valence electrons. The molecule has 0 radical (unpaired) electrons. The van der Waals surface area contributed by atoms with Crippen LogP contribution in [0.4, 0.5) is 52.7 Å². The van der Waals surface area contributed by atoms with Gasteiger partial charge in [-0.3, -0.25) is 0 Å². The fraction of sp³-hybridized carbons (Fsp3) is 0.909. The molecular formula is C11H12F12NO2+. The number of rotatable bonds is 8. The molecule has 0 heterocycles. The molecule has 0 aliphatic rings. The minimum absolute atomic E-state index is 0.692. The number of carbonyl (C=O) groups is 1. The van der Waals surface area contributed by atoms with Crippen molar-refractivity contribution < 1.29 is 67.1 Å². The van der Waals surface area contributed by atoms with Crippen LogP contribution >= 0.6 is 0 Å². The summed E-state index contributed by atoms with van der Waals surface area (Å²) in [4.78, 5) is 10.4. The van der Waals surface area contributed by atoms with E-state index in [2.05, 4.69) is 0 Å². The van der Waals surface area contributed by atoms with Crippen molar-refractivity contribution in [3.8, 4) is 0 Å². The van der Waals surface area contributed by atoms with E-state index in [0.717, 1.165) is 0 Å². The zero-order valence-corrected chi connectivity index (χ0v) is 12.8. The molecule has 0 aromatic carbocycles. The SMILES string of the molecule is C[N+](C)(CC(=O)O)CC(F)C(F)(F)C(F)(F)C(F)(F)C(F)(F)C(F)(F)F. The van der Waals surface area contributed by atoms with Gasteiger partial charge in [-0.05, 0) is 0 Å². The third-order valence-corrected chi connectivity index (χ3v) is 3.17. The molecule has 3 nitrogen and oxygen atoms in total. The molecule has 1 unspecified atom stereocenters. The Bertz CT molecular complexity index is 528. The molecule has 0 aliphatic carbocycles. The minimum Gasteiger partial charge on any atom is -0.477 e. The highest BCUT2D eigenvalue weighted by Crippen LogP contribution is 2.58. The molecule has 0 bridgehead atoms. The summed E-state index contributed by atoms with van der Waals surface area (Å²) in [6.45, 7) is -3.07. The van der Waals surface area contributed by atoms with Gasteiger partial charge in [-0.25, -0.2) is 9.18 Å². The van der Waals surface area contributed by atoms with Crippen LogP contribution in [0, 0.1) is 0 Å². The fourth-order valence-corrected chi connectivity index (χ4v) is 1.76. The van der Waals surface area contributed by atoms with Crippen LogP contribution in [0.5, 0.6) is 0 Å². The van der Waals surface area contributed by atoms with Crippen molar-refractivity contribution >= 4 is 5.97 Å². The van der Waals surface area contributed by atoms with E-state index in [0.29, 0.717) is 14.1 Å². The maximum Gasteiger partial charge on any atom is 0.460 e. The molecule has 15 heteroatoms. The molecule has 0 aliphatic heterocycles. The summed E-state index contributed by atoms with van der Waals surface area (Å²) in [6, 6.07) is 0. The van der Waals surface area contributed by atoms with Crippen LogP contribution in [-0.4, -0.2) is 78.8 Å². The van der Waals surface area contributed by atoms with Gasteiger partial charge in [-0.2, -0.15) is 48.3 Å². The van der Waals surface area contributed by atoms with Crippen molar-refractivity contribution in [3.63, 3.8) is 0 Å². The summed E-state index contributed by atoms with van der Waals surface area (Å²) in [5.74, 6) is -31.2. The van der Waals surface area contributed by atoms with E-state index in [1.165, 1.54) is 0 Å². The number of alkyl halides is 12. The lowest BCUT2D eigenvalue weighted by Crippen LogP contribution is -2.69. The Kier molecular flexibility index (Phi) is 6.28. The molecule has 0 amide bonds. The first-order chi connectivity index (χ1) is 11.0. The molecule has 1 atom stereocenters. The van der Waals surface area contributed by atoms with Gasteiger partial charge in [-0.15, -0.1) is 0 Å². The van der Waals surface area contributed by atoms with Gasteiger partial charge in [0, 0.05) is 0 Å². The van der Waals surface area contributed by atoms with Crippen LogP contribution in [0.2, 0.25) is 0 Å². The van der Waals surface area contributed by atoms with Gasteiger partial charge in [0.2, 0.25) is 6.17 Å². The molecule has 26 heavy (non-hydrogen) atoms. The zero-order valence-electron chi connectivity index (χ0n) is 12.8. The number of halogens is 12. The van der Waals surface area contributed by atoms with E-state index in [1.54, 1.807) is 0 Å². The smallest absolute Gasteiger partial charge is 0.460 e. The van der Waals surface area contributed by atoms with Crippen LogP contribution < -0.4 is 0 Å². The summed E-state index contributed by atoms with van der Waals surface area (Å²) in [5.41, 5.74) is 0. The van der Waals surface area contributed by atoms with Crippen LogP contribution in [0.25, 0.3) is 0 Å². The second kappa shape index (κ2) is 6.64. The first kappa shape index (κ1) is 24.6. The number of likely N-dealkylation sites (N-methyl/N-ethyl adjacent to an activating group) is 1. The van der Waals surface area contributed by atoms with Gasteiger partial charge in [0.1, 0.15) is 6.54 Å². The van der Waals surface area contributed by atoms with E-state index < -0.39 is 59.6 Å². The molecule has 0 saturated heterocycles. The standard InChI is InChI=1S/C11H11F12NO2/c1-24(2,4-6(25)26)3-5(12)7(13,14)8(15,16)9(17,18)10(19,20)11(21,22)23/h5H,3-4H2,1-2H3/p+1. The fourth-order valence-electron chi connectivity index (χ4n) is 1.76. The van der Waals surface area contributed by atoms with E-state index in [1.807, 2.05) is 0 Å². The van der Waals surface area contributed by atoms with E-state index >= 15 is 0 Å². The van der Waals surface area contributed by atoms with Gasteiger partial charge in [0.15, 0.2) is 6.54 Å². The molecule has 1 N–H and O–H groups in total. The minimum atomic E-state index is -7.70. The third-order valence-electron chi connectivity index (χ3n) is 3.17. The van der Waals surface area contributed by atoms with Gasteiger partial charge in [0.25, 0.3) is 0 Å². The van der Waals surface area contributed by atoms with Gasteiger partial charge < -0.3 is 9.59 Å². The van der Waals surface area contributed by atoms with Crippen molar-refractivity contribution in [2.24, 2.45) is 0 Å². The molecule has 0 fully saturated rings. The predicted octanol–water partition coefficient (Wildman–Crippen LogP) is 3.59. The predicted molar refractivity (Wildman–Crippen MR) is 60.2 cm³/mol. The number of hydrogen-bond acceptors (Lipinski definition) is 1. The van der Waals surface area contributed by atoms with Crippen molar-refractivity contribution in [2.45, 2.75) is 36.0 Å². The molecule has 0 aromatic rings. The monoisotopic (exact) mass is 418 g/mol. The average Bonchev–Trinajstić information content (AvgIpc) is 2.33. The maximum atomic E-state index is 13.5. The number of nitrogens with zero attached hydrogens (tertiary/aromatic N) is 1. The number of carboxylic acid groups (broad SMARTS) is 1. The summed E-state index contributed by atoms with van der Waals surface area (Å²) in [5, 5.41) is 8.43. The molecule has 0 saturated carbocycles. The number of carboxylic acids is 1. The summed E-state index contributed by atoms with van der Waals surface area (Å²) in [6.07, 6.45) is -11.7. The highest BCUT2D eigenvalue weighted by molar-refractivity contribution is 5.67. The van der Waals surface area contributed by atoms with Crippen LogP contribution in [0.1, 0.15) is 0 Å². The van der Waals surface area contributed by atoms with Crippen LogP contribution in [0.15, 0.2) is 0 Å². The normalized spacial score (nSPS) is 16.5.